The predicted octanol–water partition coefficient (Wildman–Crippen LogP) is 3.67. The number of benzene rings is 1. The minimum absolute atomic E-state index is 0.00694. The Bertz CT molecular complexity index is 722. The fourth-order valence-electron chi connectivity index (χ4n) is 1.36. The van der Waals surface area contributed by atoms with Gasteiger partial charge in [-0.1, -0.05) is 46.5 Å². The first-order chi connectivity index (χ1) is 9.92. The number of carboxylic acids is 1. The van der Waals surface area contributed by atoms with Crippen LogP contribution in [0.4, 0.5) is 5.69 Å². The predicted molar refractivity (Wildman–Crippen MR) is 80.9 cm³/mol. The molecule has 2 rings (SSSR count). The van der Waals surface area contributed by atoms with Crippen LogP contribution in [0.25, 0.3) is 0 Å². The van der Waals surface area contributed by atoms with E-state index in [9.17, 15) is 20.0 Å². The van der Waals surface area contributed by atoms with Gasteiger partial charge in [-0.2, -0.15) is 0 Å². The summed E-state index contributed by atoms with van der Waals surface area (Å²) in [7, 11) is 0. The maximum absolute atomic E-state index is 11.3. The number of hydrogen-bond donors (Lipinski definition) is 1. The van der Waals surface area contributed by atoms with Gasteiger partial charge >= 0.3 is 5.97 Å². The molecule has 1 aromatic heterocycles. The summed E-state index contributed by atoms with van der Waals surface area (Å²) in [5.74, 6) is -1.29. The number of carboxylic acid groups (broad SMARTS) is 1. The second-order valence-electron chi connectivity index (χ2n) is 3.51. The van der Waals surface area contributed by atoms with E-state index in [4.69, 9.17) is 11.6 Å². The molecule has 0 aliphatic heterocycles. The van der Waals surface area contributed by atoms with Crippen LogP contribution in [0, 0.1) is 10.1 Å². The summed E-state index contributed by atoms with van der Waals surface area (Å²) in [5, 5.41) is 27.8. The third-order valence-electron chi connectivity index (χ3n) is 2.22. The van der Waals surface area contributed by atoms with Crippen molar-refractivity contribution in [3.63, 3.8) is 0 Å². The second-order valence-corrected chi connectivity index (χ2v) is 7.20. The smallest absolute Gasteiger partial charge is 0.337 e. The van der Waals surface area contributed by atoms with E-state index in [0.29, 0.717) is 4.34 Å². The zero-order chi connectivity index (χ0) is 15.6. The lowest BCUT2D eigenvalue weighted by atomic mass is 10.2. The summed E-state index contributed by atoms with van der Waals surface area (Å²) in [6.07, 6.45) is 1.84. The van der Waals surface area contributed by atoms with E-state index in [1.165, 1.54) is 23.1 Å². The van der Waals surface area contributed by atoms with Gasteiger partial charge in [-0.25, -0.2) is 4.79 Å². The number of nitrogens with zero attached hydrogens (tertiary/aromatic N) is 3. The number of nitro groups is 1. The zero-order valence-electron chi connectivity index (χ0n) is 10.3. The first kappa shape index (κ1) is 16.0. The molecule has 7 nitrogen and oxygen atoms in total. The van der Waals surface area contributed by atoms with Crippen molar-refractivity contribution in [2.75, 3.05) is 6.26 Å². The van der Waals surface area contributed by atoms with Gasteiger partial charge in [-0.15, -0.1) is 10.2 Å². The van der Waals surface area contributed by atoms with E-state index in [1.54, 1.807) is 0 Å². The van der Waals surface area contributed by atoms with Crippen molar-refractivity contribution in [2.45, 2.75) is 13.6 Å². The maximum Gasteiger partial charge on any atom is 0.337 e. The average Bonchev–Trinajstić information content (AvgIpc) is 2.88. The summed E-state index contributed by atoms with van der Waals surface area (Å²) in [5.41, 5.74) is -0.607. The van der Waals surface area contributed by atoms with Crippen molar-refractivity contribution < 1.29 is 14.8 Å². The van der Waals surface area contributed by atoms with Gasteiger partial charge in [0.1, 0.15) is 0 Å². The minimum Gasteiger partial charge on any atom is -0.478 e. The lowest BCUT2D eigenvalue weighted by Gasteiger charge is -2.06. The molecule has 0 fully saturated rings. The fraction of sp³-hybridized carbons (Fsp3) is 0.100. The first-order valence-corrected chi connectivity index (χ1v) is 8.42. The molecule has 0 saturated heterocycles. The molecule has 0 atom stereocenters. The topological polar surface area (TPSA) is 106 Å². The highest BCUT2D eigenvalue weighted by atomic mass is 35.5. The number of halogens is 1. The van der Waals surface area contributed by atoms with Crippen LogP contribution < -0.4 is 0 Å². The van der Waals surface area contributed by atoms with E-state index < -0.39 is 10.9 Å². The highest BCUT2D eigenvalue weighted by Crippen LogP contribution is 2.40. The Morgan fingerprint density at radius 1 is 1.43 bits per heavy atom. The number of nitro benzene ring substituents is 1. The van der Waals surface area contributed by atoms with Gasteiger partial charge < -0.3 is 5.11 Å². The van der Waals surface area contributed by atoms with Crippen molar-refractivity contribution >= 4 is 58.1 Å². The van der Waals surface area contributed by atoms with Gasteiger partial charge in [0.25, 0.3) is 5.69 Å². The minimum atomic E-state index is -1.29. The van der Waals surface area contributed by atoms with E-state index in [-0.39, 0.29) is 21.2 Å². The van der Waals surface area contributed by atoms with Gasteiger partial charge in [-0.3, -0.25) is 10.1 Å². The van der Waals surface area contributed by atoms with Crippen molar-refractivity contribution in [3.8, 4) is 0 Å². The summed E-state index contributed by atoms with van der Waals surface area (Å²) >= 11 is 9.70. The molecule has 0 aliphatic carbocycles. The number of rotatable bonds is 5. The fourth-order valence-corrected chi connectivity index (χ4v) is 4.17. The summed E-state index contributed by atoms with van der Waals surface area (Å²) in [6.45, 7) is 0. The molecule has 1 heterocycles. The van der Waals surface area contributed by atoms with Crippen LogP contribution in [0.1, 0.15) is 10.4 Å². The van der Waals surface area contributed by atoms with Crippen LogP contribution in [0.2, 0.25) is 5.02 Å². The van der Waals surface area contributed by atoms with Gasteiger partial charge in [0, 0.05) is 17.0 Å². The largest absolute Gasteiger partial charge is 0.478 e. The molecule has 0 unspecified atom stereocenters. The normalized spacial score (nSPS) is 10.6. The Kier molecular flexibility index (Phi) is 5.04. The Morgan fingerprint density at radius 2 is 2.10 bits per heavy atom. The number of thioether (sulfide) groups is 1. The molecule has 0 bridgehead atoms. The highest BCUT2D eigenvalue weighted by molar-refractivity contribution is 8.03. The molecule has 1 aromatic carbocycles. The number of non-ortho nitro benzene ring substituents is 1. The molecule has 2 aromatic rings. The van der Waals surface area contributed by atoms with Crippen molar-refractivity contribution in [2.24, 2.45) is 0 Å². The van der Waals surface area contributed by atoms with E-state index >= 15 is 0 Å². The van der Waals surface area contributed by atoms with Gasteiger partial charge in [0.2, 0.25) is 0 Å². The SMILES string of the molecule is CSc1nnc(Sc2c(Cl)cc([N+](=O)[O-])cc2C(=O)O)s1. The number of aromatic nitrogens is 2. The third kappa shape index (κ3) is 3.64. The quantitative estimate of drug-likeness (QED) is 0.487. The molecule has 0 radical (unpaired) electrons. The molecule has 0 saturated carbocycles. The summed E-state index contributed by atoms with van der Waals surface area (Å²) in [4.78, 5) is 21.5. The van der Waals surface area contributed by atoms with E-state index in [1.807, 2.05) is 6.26 Å². The average molecular weight is 364 g/mol. The highest BCUT2D eigenvalue weighted by Gasteiger charge is 2.22. The molecule has 110 valence electrons. The molecular weight excluding hydrogens is 358 g/mol. The Balaban J connectivity index is 2.46. The molecule has 11 heteroatoms. The standard InChI is InChI=1S/C10H6ClN3O4S3/c1-19-9-12-13-10(21-9)20-7-5(8(15)16)2-4(14(17)18)3-6(7)11/h2-3H,1H3,(H,15,16). The molecule has 0 amide bonds. The molecule has 21 heavy (non-hydrogen) atoms. The van der Waals surface area contributed by atoms with Crippen LogP contribution >= 0.6 is 46.5 Å². The number of carbonyl (C=O) groups is 1. The van der Waals surface area contributed by atoms with Crippen molar-refractivity contribution in [1.29, 1.82) is 0 Å². The molecular formula is C10H6ClN3O4S3. The van der Waals surface area contributed by atoms with Crippen LogP contribution in [-0.2, 0) is 0 Å². The van der Waals surface area contributed by atoms with E-state index in [2.05, 4.69) is 10.2 Å². The van der Waals surface area contributed by atoms with Crippen molar-refractivity contribution in [3.05, 3.63) is 32.8 Å². The van der Waals surface area contributed by atoms with Crippen molar-refractivity contribution in [1.82, 2.24) is 10.2 Å². The first-order valence-electron chi connectivity index (χ1n) is 5.19. The van der Waals surface area contributed by atoms with Crippen LogP contribution in [0.15, 0.2) is 25.7 Å². The van der Waals surface area contributed by atoms with Gasteiger partial charge in [0.05, 0.1) is 15.5 Å². The summed E-state index contributed by atoms with van der Waals surface area (Å²) < 4.78 is 1.24. The zero-order valence-corrected chi connectivity index (χ0v) is 13.5. The van der Waals surface area contributed by atoms with Gasteiger partial charge in [0.15, 0.2) is 8.68 Å². The van der Waals surface area contributed by atoms with Gasteiger partial charge in [-0.05, 0) is 6.26 Å². The third-order valence-corrected chi connectivity index (χ3v) is 5.73. The van der Waals surface area contributed by atoms with Crippen LogP contribution in [0.3, 0.4) is 0 Å². The molecule has 0 spiro atoms. The lowest BCUT2D eigenvalue weighted by Crippen LogP contribution is -2.01. The number of hydrogen-bond acceptors (Lipinski definition) is 8. The monoisotopic (exact) mass is 363 g/mol. The van der Waals surface area contributed by atoms with E-state index in [0.717, 1.165) is 28.2 Å². The molecule has 0 aliphatic rings. The van der Waals surface area contributed by atoms with Crippen LogP contribution in [0.5, 0.6) is 0 Å². The number of aromatic carboxylic acids is 1. The maximum atomic E-state index is 11.3. The molecule has 1 N–H and O–H groups in total. The second kappa shape index (κ2) is 6.60. The lowest BCUT2D eigenvalue weighted by molar-refractivity contribution is -0.384. The Labute approximate surface area is 135 Å². The van der Waals surface area contributed by atoms with Crippen LogP contribution in [-0.4, -0.2) is 32.5 Å². The Hall–Kier alpha value is -1.36. The summed E-state index contributed by atoms with van der Waals surface area (Å²) in [6, 6.07) is 2.10. The Morgan fingerprint density at radius 3 is 2.62 bits per heavy atom.